The van der Waals surface area contributed by atoms with Crippen molar-refractivity contribution >= 4 is 23.3 Å². The zero-order valence-electron chi connectivity index (χ0n) is 11.5. The van der Waals surface area contributed by atoms with Crippen LogP contribution in [0.5, 0.6) is 0 Å². The lowest BCUT2D eigenvalue weighted by atomic mass is 10.1. The van der Waals surface area contributed by atoms with Crippen LogP contribution >= 0.6 is 11.6 Å². The molecule has 0 spiro atoms. The van der Waals surface area contributed by atoms with Crippen LogP contribution in [0.2, 0.25) is 5.15 Å². The smallest absolute Gasteiger partial charge is 0.340 e. The van der Waals surface area contributed by atoms with Crippen LogP contribution in [0, 0.1) is 0 Å². The van der Waals surface area contributed by atoms with Crippen molar-refractivity contribution in [3.63, 3.8) is 0 Å². The Hall–Kier alpha value is -1.29. The number of carbonyl (C=O) groups is 1. The standard InChI is InChI=1S/C14H21ClN2O2/c1-3-4-5-6-7-10(2)19-14(18)11-8-13(15)17-9-12(11)16/h8-10H,3-7,16H2,1-2H3. The Morgan fingerprint density at radius 3 is 2.89 bits per heavy atom. The molecule has 0 radical (unpaired) electrons. The zero-order chi connectivity index (χ0) is 14.3. The number of carbonyl (C=O) groups excluding carboxylic acids is 1. The number of nitrogens with two attached hydrogens (primary N) is 1. The average molecular weight is 285 g/mol. The third-order valence-electron chi connectivity index (χ3n) is 2.89. The van der Waals surface area contributed by atoms with E-state index in [1.165, 1.54) is 31.5 Å². The van der Waals surface area contributed by atoms with Gasteiger partial charge in [0.05, 0.1) is 23.6 Å². The summed E-state index contributed by atoms with van der Waals surface area (Å²) in [6.07, 6.45) is 6.76. The van der Waals surface area contributed by atoms with E-state index in [2.05, 4.69) is 11.9 Å². The molecule has 0 aliphatic rings. The Labute approximate surface area is 119 Å². The summed E-state index contributed by atoms with van der Waals surface area (Å²) in [4.78, 5) is 15.7. The molecule has 0 saturated heterocycles. The van der Waals surface area contributed by atoms with Crippen LogP contribution in [0.4, 0.5) is 5.69 Å². The number of pyridine rings is 1. The van der Waals surface area contributed by atoms with Crippen LogP contribution in [0.1, 0.15) is 56.3 Å². The monoisotopic (exact) mass is 284 g/mol. The Kier molecular flexibility index (Phi) is 6.64. The van der Waals surface area contributed by atoms with Gasteiger partial charge in [-0.25, -0.2) is 9.78 Å². The van der Waals surface area contributed by atoms with Gasteiger partial charge < -0.3 is 10.5 Å². The number of anilines is 1. The Balaban J connectivity index is 2.47. The first-order chi connectivity index (χ1) is 9.04. The van der Waals surface area contributed by atoms with Gasteiger partial charge in [0.1, 0.15) is 5.15 Å². The molecule has 106 valence electrons. The van der Waals surface area contributed by atoms with E-state index in [4.69, 9.17) is 22.1 Å². The van der Waals surface area contributed by atoms with E-state index >= 15 is 0 Å². The highest BCUT2D eigenvalue weighted by atomic mass is 35.5. The first-order valence-corrected chi connectivity index (χ1v) is 7.04. The molecule has 0 saturated carbocycles. The van der Waals surface area contributed by atoms with Crippen molar-refractivity contribution in [2.24, 2.45) is 0 Å². The van der Waals surface area contributed by atoms with E-state index < -0.39 is 5.97 Å². The molecular formula is C14H21ClN2O2. The van der Waals surface area contributed by atoms with Crippen molar-refractivity contribution in [3.05, 3.63) is 23.0 Å². The number of nitrogens with zero attached hydrogens (tertiary/aromatic N) is 1. The molecule has 1 atom stereocenters. The molecule has 4 nitrogen and oxygen atoms in total. The van der Waals surface area contributed by atoms with Gasteiger partial charge in [0.15, 0.2) is 0 Å². The summed E-state index contributed by atoms with van der Waals surface area (Å²) in [5.74, 6) is -0.440. The second-order valence-electron chi connectivity index (χ2n) is 4.66. The molecule has 0 fully saturated rings. The average Bonchev–Trinajstić information content (AvgIpc) is 2.37. The molecule has 0 aliphatic heterocycles. The molecule has 1 rings (SSSR count). The molecule has 0 aromatic carbocycles. The highest BCUT2D eigenvalue weighted by Crippen LogP contribution is 2.18. The van der Waals surface area contributed by atoms with Gasteiger partial charge in [-0.3, -0.25) is 0 Å². The van der Waals surface area contributed by atoms with Crippen LogP contribution in [-0.4, -0.2) is 17.1 Å². The summed E-state index contributed by atoms with van der Waals surface area (Å²) in [6.45, 7) is 4.06. The number of aromatic nitrogens is 1. The maximum atomic E-state index is 11.9. The lowest BCUT2D eigenvalue weighted by molar-refractivity contribution is 0.0320. The van der Waals surface area contributed by atoms with Gasteiger partial charge >= 0.3 is 5.97 Å². The zero-order valence-corrected chi connectivity index (χ0v) is 12.2. The lowest BCUT2D eigenvalue weighted by Crippen LogP contribution is -2.16. The van der Waals surface area contributed by atoms with E-state index in [0.717, 1.165) is 12.8 Å². The van der Waals surface area contributed by atoms with E-state index in [1.807, 2.05) is 6.92 Å². The second kappa shape index (κ2) is 8.00. The number of hydrogen-bond acceptors (Lipinski definition) is 4. The fraction of sp³-hybridized carbons (Fsp3) is 0.571. The van der Waals surface area contributed by atoms with Crippen LogP contribution in [0.3, 0.4) is 0 Å². The van der Waals surface area contributed by atoms with Gasteiger partial charge in [-0.15, -0.1) is 0 Å². The predicted octanol–water partition coefficient (Wildman–Crippen LogP) is 3.83. The van der Waals surface area contributed by atoms with E-state index in [0.29, 0.717) is 0 Å². The number of esters is 1. The highest BCUT2D eigenvalue weighted by Gasteiger charge is 2.15. The molecular weight excluding hydrogens is 264 g/mol. The van der Waals surface area contributed by atoms with Gasteiger partial charge in [-0.2, -0.15) is 0 Å². The minimum absolute atomic E-state index is 0.115. The minimum Gasteiger partial charge on any atom is -0.459 e. The summed E-state index contributed by atoms with van der Waals surface area (Å²) < 4.78 is 5.35. The highest BCUT2D eigenvalue weighted by molar-refractivity contribution is 6.29. The van der Waals surface area contributed by atoms with E-state index in [9.17, 15) is 4.79 Å². The third kappa shape index (κ3) is 5.47. The molecule has 0 bridgehead atoms. The number of rotatable bonds is 7. The van der Waals surface area contributed by atoms with Crippen molar-refractivity contribution in [3.8, 4) is 0 Å². The molecule has 1 unspecified atom stereocenters. The molecule has 5 heteroatoms. The number of ether oxygens (including phenoxy) is 1. The first kappa shape index (κ1) is 15.8. The second-order valence-corrected chi connectivity index (χ2v) is 5.05. The predicted molar refractivity (Wildman–Crippen MR) is 77.3 cm³/mol. The summed E-state index contributed by atoms with van der Waals surface area (Å²) in [6, 6.07) is 1.43. The van der Waals surface area contributed by atoms with E-state index in [1.54, 1.807) is 0 Å². The van der Waals surface area contributed by atoms with Gasteiger partial charge in [0, 0.05) is 0 Å². The van der Waals surface area contributed by atoms with Crippen molar-refractivity contribution in [2.45, 2.75) is 52.1 Å². The Morgan fingerprint density at radius 2 is 2.21 bits per heavy atom. The Bertz CT molecular complexity index is 424. The fourth-order valence-corrected chi connectivity index (χ4v) is 1.94. The quantitative estimate of drug-likeness (QED) is 0.469. The van der Waals surface area contributed by atoms with Crippen molar-refractivity contribution < 1.29 is 9.53 Å². The maximum absolute atomic E-state index is 11.9. The van der Waals surface area contributed by atoms with Crippen LogP contribution < -0.4 is 5.73 Å². The summed E-state index contributed by atoms with van der Waals surface area (Å²) in [7, 11) is 0. The van der Waals surface area contributed by atoms with Crippen molar-refractivity contribution in [2.75, 3.05) is 5.73 Å². The first-order valence-electron chi connectivity index (χ1n) is 6.66. The number of halogens is 1. The maximum Gasteiger partial charge on any atom is 0.340 e. The van der Waals surface area contributed by atoms with Crippen molar-refractivity contribution in [1.82, 2.24) is 4.98 Å². The van der Waals surface area contributed by atoms with Gasteiger partial charge in [-0.05, 0) is 25.8 Å². The third-order valence-corrected chi connectivity index (χ3v) is 3.10. The van der Waals surface area contributed by atoms with Crippen LogP contribution in [0.25, 0.3) is 0 Å². The molecule has 1 aromatic heterocycles. The lowest BCUT2D eigenvalue weighted by Gasteiger charge is -2.14. The normalized spacial score (nSPS) is 12.2. The molecule has 2 N–H and O–H groups in total. The minimum atomic E-state index is -0.440. The van der Waals surface area contributed by atoms with Crippen LogP contribution in [0.15, 0.2) is 12.3 Å². The molecule has 0 amide bonds. The SMILES string of the molecule is CCCCCCC(C)OC(=O)c1cc(Cl)ncc1N. The summed E-state index contributed by atoms with van der Waals surface area (Å²) in [5, 5.41) is 0.233. The molecule has 19 heavy (non-hydrogen) atoms. The number of unbranched alkanes of at least 4 members (excludes halogenated alkanes) is 3. The van der Waals surface area contributed by atoms with Crippen LogP contribution in [-0.2, 0) is 4.74 Å². The molecule has 1 aromatic rings. The topological polar surface area (TPSA) is 65.2 Å². The molecule has 1 heterocycles. The van der Waals surface area contributed by atoms with Crippen molar-refractivity contribution in [1.29, 1.82) is 0 Å². The number of nitrogen functional groups attached to an aromatic ring is 1. The fourth-order valence-electron chi connectivity index (χ4n) is 1.78. The largest absolute Gasteiger partial charge is 0.459 e. The summed E-state index contributed by atoms with van der Waals surface area (Å²) >= 11 is 5.74. The summed E-state index contributed by atoms with van der Waals surface area (Å²) in [5.41, 5.74) is 6.25. The molecule has 0 aliphatic carbocycles. The van der Waals surface area contributed by atoms with Gasteiger partial charge in [-0.1, -0.05) is 37.8 Å². The van der Waals surface area contributed by atoms with E-state index in [-0.39, 0.29) is 22.5 Å². The number of hydrogen-bond donors (Lipinski definition) is 1. The van der Waals surface area contributed by atoms with Gasteiger partial charge in [0.2, 0.25) is 0 Å². The van der Waals surface area contributed by atoms with Gasteiger partial charge in [0.25, 0.3) is 0 Å². The Morgan fingerprint density at radius 1 is 1.47 bits per heavy atom.